The van der Waals surface area contributed by atoms with Crippen LogP contribution in [0.2, 0.25) is 0 Å². The van der Waals surface area contributed by atoms with Crippen LogP contribution < -0.4 is 10.5 Å². The number of nitrogens with two attached hydrogens (primary N) is 1. The molecule has 0 radical (unpaired) electrons. The first kappa shape index (κ1) is 11.9. The van der Waals surface area contributed by atoms with Crippen molar-refractivity contribution in [1.82, 2.24) is 0 Å². The van der Waals surface area contributed by atoms with Crippen LogP contribution in [0.4, 0.5) is 8.78 Å². The summed E-state index contributed by atoms with van der Waals surface area (Å²) < 4.78 is 30.1. The highest BCUT2D eigenvalue weighted by atomic mass is 19.1. The normalized spacial score (nSPS) is 12.5. The minimum Gasteiger partial charge on any atom is -0.493 e. The number of rotatable bonds is 5. The van der Waals surface area contributed by atoms with Crippen LogP contribution in [0.1, 0.15) is 24.9 Å². The molecule has 0 bridgehead atoms. The maximum absolute atomic E-state index is 12.9. The molecule has 0 amide bonds. The van der Waals surface area contributed by atoms with Crippen molar-refractivity contribution in [1.29, 1.82) is 0 Å². The average molecular weight is 215 g/mol. The van der Waals surface area contributed by atoms with Gasteiger partial charge in [0.1, 0.15) is 11.6 Å². The molecular formula is C11H15F2NO. The smallest absolute Gasteiger partial charge is 0.124 e. The fraction of sp³-hybridized carbons (Fsp3) is 0.455. The lowest BCUT2D eigenvalue weighted by Crippen LogP contribution is -2.09. The van der Waals surface area contributed by atoms with Gasteiger partial charge in [0.05, 0.1) is 13.3 Å². The van der Waals surface area contributed by atoms with E-state index in [4.69, 9.17) is 10.5 Å². The molecule has 0 saturated carbocycles. The van der Waals surface area contributed by atoms with Gasteiger partial charge in [0.25, 0.3) is 0 Å². The molecule has 2 nitrogen and oxygen atoms in total. The Morgan fingerprint density at radius 2 is 2.20 bits per heavy atom. The molecule has 15 heavy (non-hydrogen) atoms. The Kier molecular flexibility index (Phi) is 4.49. The molecule has 0 fully saturated rings. The molecule has 4 heteroatoms. The summed E-state index contributed by atoms with van der Waals surface area (Å²) in [6.07, 6.45) is 0.329. The molecule has 0 saturated heterocycles. The zero-order valence-electron chi connectivity index (χ0n) is 8.67. The Morgan fingerprint density at radius 1 is 1.47 bits per heavy atom. The zero-order chi connectivity index (χ0) is 11.3. The highest BCUT2D eigenvalue weighted by molar-refractivity contribution is 5.36. The summed E-state index contributed by atoms with van der Waals surface area (Å²) in [5, 5.41) is 0. The third kappa shape index (κ3) is 3.47. The molecule has 84 valence electrons. The van der Waals surface area contributed by atoms with Crippen molar-refractivity contribution in [3.63, 3.8) is 0 Å². The predicted molar refractivity (Wildman–Crippen MR) is 55.1 cm³/mol. The first-order valence-corrected chi connectivity index (χ1v) is 4.89. The molecule has 1 aromatic rings. The molecule has 0 aliphatic heterocycles. The number of alkyl halides is 1. The molecular weight excluding hydrogens is 200 g/mol. The van der Waals surface area contributed by atoms with E-state index in [2.05, 4.69) is 0 Å². The van der Waals surface area contributed by atoms with Gasteiger partial charge in [-0.3, -0.25) is 4.39 Å². The van der Waals surface area contributed by atoms with Gasteiger partial charge in [-0.15, -0.1) is 0 Å². The Morgan fingerprint density at radius 3 is 2.80 bits per heavy atom. The van der Waals surface area contributed by atoms with Crippen molar-refractivity contribution in [2.45, 2.75) is 19.4 Å². The van der Waals surface area contributed by atoms with E-state index >= 15 is 0 Å². The van der Waals surface area contributed by atoms with Gasteiger partial charge in [-0.05, 0) is 25.1 Å². The molecule has 1 atom stereocenters. The highest BCUT2D eigenvalue weighted by Crippen LogP contribution is 2.24. The quantitative estimate of drug-likeness (QED) is 0.766. The number of halogens is 2. The largest absolute Gasteiger partial charge is 0.493 e. The number of hydrogen-bond donors (Lipinski definition) is 1. The van der Waals surface area contributed by atoms with Crippen LogP contribution in [0.5, 0.6) is 5.75 Å². The molecule has 1 rings (SSSR count). The molecule has 0 aliphatic carbocycles. The Bertz CT molecular complexity index is 315. The van der Waals surface area contributed by atoms with Crippen molar-refractivity contribution >= 4 is 0 Å². The van der Waals surface area contributed by atoms with Crippen LogP contribution >= 0.6 is 0 Å². The van der Waals surface area contributed by atoms with Crippen LogP contribution in [-0.2, 0) is 0 Å². The molecule has 0 aliphatic rings. The van der Waals surface area contributed by atoms with E-state index in [1.807, 2.05) is 0 Å². The third-order valence-electron chi connectivity index (χ3n) is 2.00. The van der Waals surface area contributed by atoms with Crippen LogP contribution in [0.15, 0.2) is 18.2 Å². The number of hydrogen-bond acceptors (Lipinski definition) is 2. The lowest BCUT2D eigenvalue weighted by atomic mass is 10.1. The molecule has 1 aromatic carbocycles. The summed E-state index contributed by atoms with van der Waals surface area (Å²) in [6, 6.07) is 3.86. The molecule has 0 aromatic heterocycles. The van der Waals surface area contributed by atoms with E-state index in [0.29, 0.717) is 17.7 Å². The van der Waals surface area contributed by atoms with Gasteiger partial charge in [-0.25, -0.2) is 4.39 Å². The van der Waals surface area contributed by atoms with Crippen LogP contribution in [0, 0.1) is 5.82 Å². The van der Waals surface area contributed by atoms with Gasteiger partial charge in [0.15, 0.2) is 0 Å². The summed E-state index contributed by atoms with van der Waals surface area (Å²) in [5.74, 6) is 0.181. The predicted octanol–water partition coefficient (Wildman–Crippen LogP) is 2.58. The third-order valence-corrected chi connectivity index (χ3v) is 2.00. The Hall–Kier alpha value is -1.16. The van der Waals surface area contributed by atoms with Gasteiger partial charge in [-0.2, -0.15) is 0 Å². The summed E-state index contributed by atoms with van der Waals surface area (Å²) in [5.41, 5.74) is 6.27. The first-order chi connectivity index (χ1) is 7.15. The average Bonchev–Trinajstić information content (AvgIpc) is 2.20. The van der Waals surface area contributed by atoms with E-state index in [1.54, 1.807) is 6.92 Å². The minimum absolute atomic E-state index is 0.280. The van der Waals surface area contributed by atoms with Crippen LogP contribution in [0.3, 0.4) is 0 Å². The van der Waals surface area contributed by atoms with Crippen molar-refractivity contribution in [3.05, 3.63) is 29.6 Å². The Labute approximate surface area is 88.0 Å². The topological polar surface area (TPSA) is 35.2 Å². The molecule has 0 heterocycles. The van der Waals surface area contributed by atoms with E-state index in [9.17, 15) is 8.78 Å². The SMILES string of the molecule is C[C@@H](N)c1cc(F)ccc1OCCCF. The van der Waals surface area contributed by atoms with Crippen molar-refractivity contribution < 1.29 is 13.5 Å². The monoisotopic (exact) mass is 215 g/mol. The second-order valence-electron chi connectivity index (χ2n) is 3.36. The lowest BCUT2D eigenvalue weighted by molar-refractivity contribution is 0.285. The fourth-order valence-corrected chi connectivity index (χ4v) is 1.24. The standard InChI is InChI=1S/C11H15F2NO/c1-8(14)10-7-9(13)3-4-11(10)15-6-2-5-12/h3-4,7-8H,2,5-6,14H2,1H3/t8-/m1/s1. The van der Waals surface area contributed by atoms with Gasteiger partial charge in [-0.1, -0.05) is 0 Å². The van der Waals surface area contributed by atoms with Crippen LogP contribution in [0.25, 0.3) is 0 Å². The molecule has 0 unspecified atom stereocenters. The second-order valence-corrected chi connectivity index (χ2v) is 3.36. The minimum atomic E-state index is -0.422. The second kappa shape index (κ2) is 5.66. The van der Waals surface area contributed by atoms with Crippen molar-refractivity contribution in [2.24, 2.45) is 5.73 Å². The van der Waals surface area contributed by atoms with Crippen molar-refractivity contribution in [2.75, 3.05) is 13.3 Å². The molecule has 2 N–H and O–H groups in total. The van der Waals surface area contributed by atoms with Gasteiger partial charge < -0.3 is 10.5 Å². The number of ether oxygens (including phenoxy) is 1. The van der Waals surface area contributed by atoms with Gasteiger partial charge in [0, 0.05) is 18.0 Å². The van der Waals surface area contributed by atoms with E-state index in [1.165, 1.54) is 18.2 Å². The van der Waals surface area contributed by atoms with Crippen LogP contribution in [-0.4, -0.2) is 13.3 Å². The maximum Gasteiger partial charge on any atom is 0.124 e. The first-order valence-electron chi connectivity index (χ1n) is 4.89. The van der Waals surface area contributed by atoms with Crippen molar-refractivity contribution in [3.8, 4) is 5.75 Å². The zero-order valence-corrected chi connectivity index (χ0v) is 8.67. The summed E-state index contributed by atoms with van der Waals surface area (Å²) >= 11 is 0. The Balaban J connectivity index is 2.77. The summed E-state index contributed by atoms with van der Waals surface area (Å²) in [6.45, 7) is 1.60. The summed E-state index contributed by atoms with van der Waals surface area (Å²) in [7, 11) is 0. The lowest BCUT2D eigenvalue weighted by Gasteiger charge is -2.13. The van der Waals surface area contributed by atoms with E-state index in [-0.39, 0.29) is 18.5 Å². The number of benzene rings is 1. The van der Waals surface area contributed by atoms with E-state index in [0.717, 1.165) is 0 Å². The fourth-order valence-electron chi connectivity index (χ4n) is 1.24. The van der Waals surface area contributed by atoms with Gasteiger partial charge in [0.2, 0.25) is 0 Å². The summed E-state index contributed by atoms with van der Waals surface area (Å²) in [4.78, 5) is 0. The van der Waals surface area contributed by atoms with E-state index < -0.39 is 6.67 Å². The maximum atomic E-state index is 12.9. The molecule has 0 spiro atoms. The highest BCUT2D eigenvalue weighted by Gasteiger charge is 2.09. The van der Waals surface area contributed by atoms with Gasteiger partial charge >= 0.3 is 0 Å².